The van der Waals surface area contributed by atoms with Crippen LogP contribution in [-0.2, 0) is 0 Å². The van der Waals surface area contributed by atoms with E-state index in [1.807, 2.05) is 0 Å². The Kier molecular flexibility index (Phi) is 3.74. The van der Waals surface area contributed by atoms with E-state index in [4.69, 9.17) is 20.9 Å². The molecular weight excluding hydrogens is 280 g/mol. The molecule has 0 amide bonds. The van der Waals surface area contributed by atoms with E-state index in [1.165, 1.54) is 0 Å². The number of nitrogens with two attached hydrogens (primary N) is 2. The third-order valence-corrected chi connectivity index (χ3v) is 2.79. The zero-order chi connectivity index (χ0) is 15.4. The average Bonchev–Trinajstić information content (AvgIpc) is 2.54. The molecule has 0 aliphatic rings. The molecule has 0 radical (unpaired) electrons. The van der Waals surface area contributed by atoms with Crippen LogP contribution in [0.3, 0.4) is 0 Å². The predicted octanol–water partition coefficient (Wildman–Crippen LogP) is 3.23. The summed E-state index contributed by atoms with van der Waals surface area (Å²) in [6.07, 6.45) is 3.08. The highest BCUT2D eigenvalue weighted by molar-refractivity contribution is 5.40. The van der Waals surface area contributed by atoms with Gasteiger partial charge in [-0.2, -0.15) is 0 Å². The van der Waals surface area contributed by atoms with E-state index in [-0.39, 0.29) is 0 Å². The minimum absolute atomic E-state index is 0.475. The second-order valence-electron chi connectivity index (χ2n) is 4.54. The van der Waals surface area contributed by atoms with Gasteiger partial charge in [-0.1, -0.05) is 0 Å². The number of rotatable bonds is 4. The zero-order valence-electron chi connectivity index (χ0n) is 11.6. The van der Waals surface area contributed by atoms with E-state index in [1.54, 1.807) is 60.9 Å². The summed E-state index contributed by atoms with van der Waals surface area (Å²) in [5.41, 5.74) is 12.3. The maximum atomic E-state index is 5.60. The van der Waals surface area contributed by atoms with Crippen molar-refractivity contribution in [1.82, 2.24) is 9.97 Å². The first-order chi connectivity index (χ1) is 10.7. The molecule has 6 nitrogen and oxygen atoms in total. The molecule has 0 fully saturated rings. The highest BCUT2D eigenvalue weighted by Gasteiger charge is 2.01. The number of nitrogens with zero attached hydrogens (tertiary/aromatic N) is 2. The predicted molar refractivity (Wildman–Crippen MR) is 83.9 cm³/mol. The largest absolute Gasteiger partial charge is 0.439 e. The van der Waals surface area contributed by atoms with Crippen molar-refractivity contribution < 1.29 is 9.47 Å². The minimum Gasteiger partial charge on any atom is -0.439 e. The molecular formula is C16H14N4O2. The number of hydrogen-bond donors (Lipinski definition) is 2. The molecule has 0 atom stereocenters. The summed E-state index contributed by atoms with van der Waals surface area (Å²) < 4.78 is 11.2. The van der Waals surface area contributed by atoms with Crippen LogP contribution in [0.1, 0.15) is 0 Å². The fraction of sp³-hybridized carbons (Fsp3) is 0. The van der Waals surface area contributed by atoms with Gasteiger partial charge in [0.2, 0.25) is 11.8 Å². The number of hydrogen-bond acceptors (Lipinski definition) is 6. The molecule has 0 saturated carbocycles. The van der Waals surface area contributed by atoms with E-state index >= 15 is 0 Å². The Bertz CT molecular complexity index is 674. The molecule has 22 heavy (non-hydrogen) atoms. The normalized spacial score (nSPS) is 10.2. The summed E-state index contributed by atoms with van der Waals surface area (Å²) in [4.78, 5) is 8.14. The van der Waals surface area contributed by atoms with Gasteiger partial charge < -0.3 is 20.9 Å². The summed E-state index contributed by atoms with van der Waals surface area (Å²) in [6.45, 7) is 0. The SMILES string of the molecule is Nc1ccc(Oc2ccc(Oc3ccc(N)cn3)cc2)nc1. The van der Waals surface area contributed by atoms with Gasteiger partial charge in [0.15, 0.2) is 0 Å². The van der Waals surface area contributed by atoms with E-state index in [2.05, 4.69) is 9.97 Å². The number of pyridine rings is 2. The highest BCUT2D eigenvalue weighted by Crippen LogP contribution is 2.25. The van der Waals surface area contributed by atoms with Gasteiger partial charge in [0.05, 0.1) is 23.8 Å². The summed E-state index contributed by atoms with van der Waals surface area (Å²) >= 11 is 0. The second kappa shape index (κ2) is 6.01. The van der Waals surface area contributed by atoms with Crippen molar-refractivity contribution in [2.75, 3.05) is 11.5 Å². The first-order valence-corrected chi connectivity index (χ1v) is 6.58. The molecule has 0 bridgehead atoms. The lowest BCUT2D eigenvalue weighted by Gasteiger charge is -2.07. The van der Waals surface area contributed by atoms with Crippen molar-refractivity contribution in [2.24, 2.45) is 0 Å². The van der Waals surface area contributed by atoms with Crippen LogP contribution < -0.4 is 20.9 Å². The zero-order valence-corrected chi connectivity index (χ0v) is 11.6. The molecule has 0 saturated heterocycles. The van der Waals surface area contributed by atoms with Crippen LogP contribution in [0, 0.1) is 0 Å². The number of ether oxygens (including phenoxy) is 2. The molecule has 2 aromatic heterocycles. The first kappa shape index (κ1) is 13.7. The van der Waals surface area contributed by atoms with Crippen molar-refractivity contribution in [3.8, 4) is 23.3 Å². The van der Waals surface area contributed by atoms with Crippen molar-refractivity contribution in [3.05, 3.63) is 60.9 Å². The quantitative estimate of drug-likeness (QED) is 0.767. The Balaban J connectivity index is 1.67. The van der Waals surface area contributed by atoms with Gasteiger partial charge in [0.25, 0.3) is 0 Å². The van der Waals surface area contributed by atoms with Gasteiger partial charge in [-0.3, -0.25) is 0 Å². The number of aromatic nitrogens is 2. The Morgan fingerprint density at radius 3 is 1.32 bits per heavy atom. The minimum atomic E-state index is 0.475. The van der Waals surface area contributed by atoms with Crippen molar-refractivity contribution in [3.63, 3.8) is 0 Å². The standard InChI is InChI=1S/C16H14N4O2/c17-11-1-7-15(19-9-11)21-13-3-5-14(6-4-13)22-16-8-2-12(18)10-20-16/h1-10H,17-18H2. The molecule has 6 heteroatoms. The second-order valence-corrected chi connectivity index (χ2v) is 4.54. The third-order valence-electron chi connectivity index (χ3n) is 2.79. The smallest absolute Gasteiger partial charge is 0.219 e. The lowest BCUT2D eigenvalue weighted by Crippen LogP contribution is -1.91. The van der Waals surface area contributed by atoms with Crippen LogP contribution in [0.25, 0.3) is 0 Å². The number of anilines is 2. The molecule has 4 N–H and O–H groups in total. The molecule has 1 aromatic carbocycles. The molecule has 3 rings (SSSR count). The highest BCUT2D eigenvalue weighted by atomic mass is 16.5. The topological polar surface area (TPSA) is 96.3 Å². The Hall–Kier alpha value is -3.28. The first-order valence-electron chi connectivity index (χ1n) is 6.58. The molecule has 0 unspecified atom stereocenters. The maximum Gasteiger partial charge on any atom is 0.219 e. The molecule has 0 spiro atoms. The third kappa shape index (κ3) is 3.43. The van der Waals surface area contributed by atoms with Crippen LogP contribution in [-0.4, -0.2) is 9.97 Å². The fourth-order valence-corrected chi connectivity index (χ4v) is 1.72. The van der Waals surface area contributed by atoms with Gasteiger partial charge in [-0.25, -0.2) is 9.97 Å². The number of benzene rings is 1. The van der Waals surface area contributed by atoms with E-state index in [0.29, 0.717) is 34.6 Å². The summed E-state index contributed by atoms with van der Waals surface area (Å²) in [5.74, 6) is 2.25. The molecule has 3 aromatic rings. The summed E-state index contributed by atoms with van der Waals surface area (Å²) in [6, 6.07) is 14.0. The van der Waals surface area contributed by atoms with E-state index in [0.717, 1.165) is 0 Å². The molecule has 110 valence electrons. The van der Waals surface area contributed by atoms with Gasteiger partial charge in [-0.15, -0.1) is 0 Å². The van der Waals surface area contributed by atoms with Crippen LogP contribution in [0.2, 0.25) is 0 Å². The number of nitrogen functional groups attached to an aromatic ring is 2. The molecule has 0 aliphatic carbocycles. The van der Waals surface area contributed by atoms with Gasteiger partial charge in [0.1, 0.15) is 11.5 Å². The molecule has 0 aliphatic heterocycles. The summed E-state index contributed by atoms with van der Waals surface area (Å²) in [7, 11) is 0. The van der Waals surface area contributed by atoms with Crippen LogP contribution in [0.5, 0.6) is 23.3 Å². The summed E-state index contributed by atoms with van der Waals surface area (Å²) in [5, 5.41) is 0. The van der Waals surface area contributed by atoms with Crippen LogP contribution >= 0.6 is 0 Å². The van der Waals surface area contributed by atoms with Crippen molar-refractivity contribution >= 4 is 11.4 Å². The Morgan fingerprint density at radius 2 is 1.00 bits per heavy atom. The fourth-order valence-electron chi connectivity index (χ4n) is 1.72. The van der Waals surface area contributed by atoms with E-state index in [9.17, 15) is 0 Å². The van der Waals surface area contributed by atoms with Gasteiger partial charge >= 0.3 is 0 Å². The van der Waals surface area contributed by atoms with E-state index < -0.39 is 0 Å². The van der Waals surface area contributed by atoms with Gasteiger partial charge in [0, 0.05) is 12.1 Å². The van der Waals surface area contributed by atoms with Crippen LogP contribution in [0.4, 0.5) is 11.4 Å². The Morgan fingerprint density at radius 1 is 0.591 bits per heavy atom. The monoisotopic (exact) mass is 294 g/mol. The van der Waals surface area contributed by atoms with Crippen LogP contribution in [0.15, 0.2) is 60.9 Å². The lowest BCUT2D eigenvalue weighted by atomic mass is 10.3. The van der Waals surface area contributed by atoms with Crippen molar-refractivity contribution in [1.29, 1.82) is 0 Å². The maximum absolute atomic E-state index is 5.60. The Labute approximate surface area is 127 Å². The lowest BCUT2D eigenvalue weighted by molar-refractivity contribution is 0.450. The van der Waals surface area contributed by atoms with Gasteiger partial charge in [-0.05, 0) is 36.4 Å². The molecule has 2 heterocycles. The average molecular weight is 294 g/mol. The van der Waals surface area contributed by atoms with Crippen molar-refractivity contribution in [2.45, 2.75) is 0 Å².